The number of aromatic nitrogens is 2. The van der Waals surface area contributed by atoms with Crippen molar-refractivity contribution in [2.45, 2.75) is 31.3 Å². The molecule has 1 atom stereocenters. The largest absolute Gasteiger partial charge is 0.381 e. The van der Waals surface area contributed by atoms with Crippen molar-refractivity contribution >= 4 is 5.95 Å². The van der Waals surface area contributed by atoms with Gasteiger partial charge in [-0.05, 0) is 37.2 Å². The molecule has 2 fully saturated rings. The number of rotatable bonds is 3. The lowest BCUT2D eigenvalue weighted by molar-refractivity contribution is -0.102. The summed E-state index contributed by atoms with van der Waals surface area (Å²) >= 11 is 0. The summed E-state index contributed by atoms with van der Waals surface area (Å²) in [4.78, 5) is 13.9. The van der Waals surface area contributed by atoms with Crippen LogP contribution in [0.5, 0.6) is 0 Å². The molecule has 4 rings (SSSR count). The first-order valence-corrected chi connectivity index (χ1v) is 9.14. The van der Waals surface area contributed by atoms with Crippen molar-refractivity contribution < 1.29 is 9.47 Å². The third-order valence-electron chi connectivity index (χ3n) is 5.64. The van der Waals surface area contributed by atoms with Gasteiger partial charge < -0.3 is 19.3 Å². The molecule has 2 saturated heterocycles. The predicted octanol–water partition coefficient (Wildman–Crippen LogP) is 1.44. The van der Waals surface area contributed by atoms with Crippen molar-refractivity contribution in [3.05, 3.63) is 17.5 Å². The van der Waals surface area contributed by atoms with Crippen LogP contribution >= 0.6 is 0 Å². The first-order chi connectivity index (χ1) is 11.7. The first-order valence-electron chi connectivity index (χ1n) is 9.14. The number of ether oxygens (including phenoxy) is 2. The quantitative estimate of drug-likeness (QED) is 0.835. The summed E-state index contributed by atoms with van der Waals surface area (Å²) in [7, 11) is 3.98. The first kappa shape index (κ1) is 16.2. The second-order valence-corrected chi connectivity index (χ2v) is 7.56. The maximum Gasteiger partial charge on any atom is 0.225 e. The number of nitrogens with zero attached hydrogens (tertiary/aromatic N) is 4. The molecule has 0 radical (unpaired) electrons. The van der Waals surface area contributed by atoms with Crippen LogP contribution in [0.25, 0.3) is 0 Å². The third-order valence-corrected chi connectivity index (χ3v) is 5.64. The molecule has 3 aliphatic rings. The molecule has 132 valence electrons. The van der Waals surface area contributed by atoms with Gasteiger partial charge in [0.1, 0.15) is 5.60 Å². The normalized spacial score (nSPS) is 26.5. The smallest absolute Gasteiger partial charge is 0.225 e. The SMILES string of the molecule is CN(C)c1ncc2c(n1)C1(CCN(CC3CCOC3)CC1)OCC2. The van der Waals surface area contributed by atoms with Gasteiger partial charge in [0.25, 0.3) is 0 Å². The molecular weight excluding hydrogens is 304 g/mol. The molecule has 0 aromatic carbocycles. The maximum atomic E-state index is 6.33. The predicted molar refractivity (Wildman–Crippen MR) is 92.3 cm³/mol. The highest BCUT2D eigenvalue weighted by molar-refractivity contribution is 5.35. The molecule has 4 heterocycles. The van der Waals surface area contributed by atoms with E-state index in [0.29, 0.717) is 5.92 Å². The zero-order valence-electron chi connectivity index (χ0n) is 14.8. The van der Waals surface area contributed by atoms with Gasteiger partial charge in [-0.2, -0.15) is 0 Å². The van der Waals surface area contributed by atoms with E-state index in [0.717, 1.165) is 70.4 Å². The molecular formula is C18H28N4O2. The Morgan fingerprint density at radius 2 is 2.12 bits per heavy atom. The Balaban J connectivity index is 1.50. The molecule has 0 amide bonds. The standard InChI is InChI=1S/C18H28N4O2/c1-21(2)17-19-11-15-4-10-24-18(16(15)20-17)5-7-22(8-6-18)12-14-3-9-23-13-14/h11,14H,3-10,12-13H2,1-2H3. The maximum absolute atomic E-state index is 6.33. The summed E-state index contributed by atoms with van der Waals surface area (Å²) in [5.74, 6) is 1.49. The fourth-order valence-corrected chi connectivity index (χ4v) is 4.19. The van der Waals surface area contributed by atoms with Crippen molar-refractivity contribution in [1.29, 1.82) is 0 Å². The molecule has 6 heteroatoms. The number of fused-ring (bicyclic) bond motifs is 2. The van der Waals surface area contributed by atoms with Crippen LogP contribution in [0.1, 0.15) is 30.5 Å². The monoisotopic (exact) mass is 332 g/mol. The van der Waals surface area contributed by atoms with E-state index in [2.05, 4.69) is 9.88 Å². The molecule has 6 nitrogen and oxygen atoms in total. The van der Waals surface area contributed by atoms with Crippen LogP contribution < -0.4 is 4.90 Å². The van der Waals surface area contributed by atoms with E-state index >= 15 is 0 Å². The minimum atomic E-state index is -0.204. The van der Waals surface area contributed by atoms with E-state index < -0.39 is 0 Å². The number of hydrogen-bond acceptors (Lipinski definition) is 6. The van der Waals surface area contributed by atoms with Crippen LogP contribution in [0.15, 0.2) is 6.20 Å². The van der Waals surface area contributed by atoms with Crippen molar-refractivity contribution in [3.8, 4) is 0 Å². The number of anilines is 1. The van der Waals surface area contributed by atoms with Crippen LogP contribution in [0.4, 0.5) is 5.95 Å². The summed E-state index contributed by atoms with van der Waals surface area (Å²) in [6.07, 6.45) is 6.19. The zero-order valence-corrected chi connectivity index (χ0v) is 14.8. The molecule has 3 aliphatic heterocycles. The minimum absolute atomic E-state index is 0.204. The summed E-state index contributed by atoms with van der Waals surface area (Å²) in [6, 6.07) is 0. The molecule has 1 aromatic heterocycles. The molecule has 24 heavy (non-hydrogen) atoms. The Labute approximate surface area is 144 Å². The van der Waals surface area contributed by atoms with Crippen molar-refractivity contribution in [2.24, 2.45) is 5.92 Å². The number of likely N-dealkylation sites (tertiary alicyclic amines) is 1. The fraction of sp³-hybridized carbons (Fsp3) is 0.778. The lowest BCUT2D eigenvalue weighted by Gasteiger charge is -2.44. The van der Waals surface area contributed by atoms with E-state index in [1.165, 1.54) is 12.0 Å². The molecule has 0 aliphatic carbocycles. The molecule has 1 aromatic rings. The number of hydrogen-bond donors (Lipinski definition) is 0. The molecule has 0 saturated carbocycles. The highest BCUT2D eigenvalue weighted by Crippen LogP contribution is 2.41. The van der Waals surface area contributed by atoms with E-state index in [4.69, 9.17) is 14.5 Å². The Morgan fingerprint density at radius 3 is 2.83 bits per heavy atom. The summed E-state index contributed by atoms with van der Waals surface area (Å²) in [5, 5.41) is 0. The summed E-state index contributed by atoms with van der Waals surface area (Å²) in [6.45, 7) is 5.97. The van der Waals surface area contributed by atoms with Crippen molar-refractivity contribution in [3.63, 3.8) is 0 Å². The highest BCUT2D eigenvalue weighted by Gasteiger charge is 2.43. The van der Waals surface area contributed by atoms with Crippen molar-refractivity contribution in [2.75, 3.05) is 58.5 Å². The van der Waals surface area contributed by atoms with E-state index in [9.17, 15) is 0 Å². The number of piperidine rings is 1. The summed E-state index contributed by atoms with van der Waals surface area (Å²) < 4.78 is 11.8. The second kappa shape index (κ2) is 6.58. The van der Waals surface area contributed by atoms with Gasteiger partial charge >= 0.3 is 0 Å². The van der Waals surface area contributed by atoms with Gasteiger partial charge in [0.15, 0.2) is 0 Å². The summed E-state index contributed by atoms with van der Waals surface area (Å²) in [5.41, 5.74) is 2.20. The van der Waals surface area contributed by atoms with Gasteiger partial charge in [0.2, 0.25) is 5.95 Å². The zero-order chi connectivity index (χ0) is 16.6. The second-order valence-electron chi connectivity index (χ2n) is 7.56. The van der Waals surface area contributed by atoms with Crippen LogP contribution in [-0.2, 0) is 21.5 Å². The average molecular weight is 332 g/mol. The average Bonchev–Trinajstić information content (AvgIpc) is 3.10. The fourth-order valence-electron chi connectivity index (χ4n) is 4.19. The van der Waals surface area contributed by atoms with Gasteiger partial charge in [0, 0.05) is 46.5 Å². The van der Waals surface area contributed by atoms with Gasteiger partial charge in [0.05, 0.1) is 18.9 Å². The van der Waals surface area contributed by atoms with E-state index in [1.54, 1.807) is 0 Å². The van der Waals surface area contributed by atoms with Crippen LogP contribution in [0, 0.1) is 5.92 Å². The van der Waals surface area contributed by atoms with E-state index in [1.807, 2.05) is 25.2 Å². The van der Waals surface area contributed by atoms with Gasteiger partial charge in [-0.25, -0.2) is 9.97 Å². The Bertz CT molecular complexity index is 578. The van der Waals surface area contributed by atoms with Crippen LogP contribution in [-0.4, -0.2) is 68.4 Å². The highest BCUT2D eigenvalue weighted by atomic mass is 16.5. The molecule has 0 bridgehead atoms. The van der Waals surface area contributed by atoms with Gasteiger partial charge in [-0.1, -0.05) is 0 Å². The molecule has 0 N–H and O–H groups in total. The lowest BCUT2D eigenvalue weighted by atomic mass is 9.83. The third kappa shape index (κ3) is 3.03. The Morgan fingerprint density at radius 1 is 1.29 bits per heavy atom. The van der Waals surface area contributed by atoms with E-state index in [-0.39, 0.29) is 5.60 Å². The lowest BCUT2D eigenvalue weighted by Crippen LogP contribution is -2.48. The van der Waals surface area contributed by atoms with Crippen molar-refractivity contribution in [1.82, 2.24) is 14.9 Å². The van der Waals surface area contributed by atoms with Crippen LogP contribution in [0.2, 0.25) is 0 Å². The topological polar surface area (TPSA) is 50.7 Å². The van der Waals surface area contributed by atoms with Gasteiger partial charge in [-0.3, -0.25) is 0 Å². The Kier molecular flexibility index (Phi) is 4.45. The molecule has 1 spiro atoms. The van der Waals surface area contributed by atoms with Gasteiger partial charge in [-0.15, -0.1) is 0 Å². The molecule has 1 unspecified atom stereocenters. The minimum Gasteiger partial charge on any atom is -0.381 e. The Hall–Kier alpha value is -1.24. The van der Waals surface area contributed by atoms with Crippen LogP contribution in [0.3, 0.4) is 0 Å².